The van der Waals surface area contributed by atoms with Crippen LogP contribution in [0.2, 0.25) is 0 Å². The number of hydrogen-bond donors (Lipinski definition) is 1. The average Bonchev–Trinajstić information content (AvgIpc) is 3.15. The fourth-order valence-corrected chi connectivity index (χ4v) is 3.60. The van der Waals surface area contributed by atoms with E-state index in [1.807, 2.05) is 31.2 Å². The maximum atomic E-state index is 12.4. The lowest BCUT2D eigenvalue weighted by atomic mass is 9.97. The first-order valence-electron chi connectivity index (χ1n) is 8.54. The highest BCUT2D eigenvalue weighted by atomic mass is 32.2. The van der Waals surface area contributed by atoms with Gasteiger partial charge < -0.3 is 9.64 Å². The summed E-state index contributed by atoms with van der Waals surface area (Å²) < 4.78 is 4.77. The summed E-state index contributed by atoms with van der Waals surface area (Å²) in [7, 11) is 1.40. The molecule has 26 heavy (non-hydrogen) atoms. The Morgan fingerprint density at radius 3 is 2.62 bits per heavy atom. The molecule has 1 N–H and O–H groups in total. The highest BCUT2D eigenvalue weighted by Gasteiger charge is 2.27. The molecule has 0 spiro atoms. The number of rotatable bonds is 5. The molecule has 8 heteroatoms. The molecule has 138 valence electrons. The maximum absolute atomic E-state index is 12.4. The number of hydrogen-bond acceptors (Lipinski definition) is 6. The molecule has 1 fully saturated rings. The lowest BCUT2D eigenvalue weighted by Crippen LogP contribution is -2.41. The third-order valence-electron chi connectivity index (χ3n) is 4.50. The van der Waals surface area contributed by atoms with Gasteiger partial charge in [0.1, 0.15) is 0 Å². The van der Waals surface area contributed by atoms with Crippen LogP contribution < -0.4 is 0 Å². The van der Waals surface area contributed by atoms with Crippen molar-refractivity contribution in [2.75, 3.05) is 26.0 Å². The van der Waals surface area contributed by atoms with Gasteiger partial charge >= 0.3 is 5.97 Å². The van der Waals surface area contributed by atoms with Gasteiger partial charge in [-0.3, -0.25) is 14.7 Å². The van der Waals surface area contributed by atoms with Crippen molar-refractivity contribution < 1.29 is 14.3 Å². The number of benzene rings is 1. The number of aromatic nitrogens is 3. The van der Waals surface area contributed by atoms with Crippen molar-refractivity contribution in [1.82, 2.24) is 20.1 Å². The minimum Gasteiger partial charge on any atom is -0.469 e. The number of carbonyl (C=O) groups excluding carboxylic acids is 2. The van der Waals surface area contributed by atoms with Crippen molar-refractivity contribution in [2.45, 2.75) is 24.9 Å². The van der Waals surface area contributed by atoms with E-state index in [2.05, 4.69) is 15.2 Å². The smallest absolute Gasteiger partial charge is 0.308 e. The molecule has 0 bridgehead atoms. The van der Waals surface area contributed by atoms with Crippen molar-refractivity contribution in [3.8, 4) is 11.4 Å². The van der Waals surface area contributed by atoms with E-state index in [0.717, 1.165) is 5.56 Å². The maximum Gasteiger partial charge on any atom is 0.308 e. The van der Waals surface area contributed by atoms with Gasteiger partial charge in [-0.05, 0) is 19.8 Å². The summed E-state index contributed by atoms with van der Waals surface area (Å²) in [6.07, 6.45) is 1.31. The Labute approximate surface area is 156 Å². The van der Waals surface area contributed by atoms with Gasteiger partial charge in [-0.1, -0.05) is 41.6 Å². The van der Waals surface area contributed by atoms with Crippen LogP contribution in [0.4, 0.5) is 0 Å². The SMILES string of the molecule is COC(=O)C1CCN(C(=O)CSc2n[nH]c(-c3ccc(C)cc3)n2)CC1. The molecule has 3 rings (SSSR count). The summed E-state index contributed by atoms with van der Waals surface area (Å²) >= 11 is 1.32. The number of esters is 1. The minimum absolute atomic E-state index is 0.0417. The fourth-order valence-electron chi connectivity index (χ4n) is 2.90. The molecule has 1 aliphatic rings. The second kappa shape index (κ2) is 8.35. The Morgan fingerprint density at radius 1 is 1.27 bits per heavy atom. The van der Waals surface area contributed by atoms with Crippen LogP contribution >= 0.6 is 11.8 Å². The molecular weight excluding hydrogens is 352 g/mol. The number of methoxy groups -OCH3 is 1. The average molecular weight is 374 g/mol. The molecule has 1 saturated heterocycles. The zero-order valence-corrected chi connectivity index (χ0v) is 15.7. The van der Waals surface area contributed by atoms with E-state index < -0.39 is 0 Å². The largest absolute Gasteiger partial charge is 0.469 e. The van der Waals surface area contributed by atoms with E-state index in [-0.39, 0.29) is 23.5 Å². The number of carbonyl (C=O) groups is 2. The number of piperidine rings is 1. The number of nitrogens with zero attached hydrogens (tertiary/aromatic N) is 3. The highest BCUT2D eigenvalue weighted by Crippen LogP contribution is 2.22. The predicted octanol–water partition coefficient (Wildman–Crippen LogP) is 2.28. The van der Waals surface area contributed by atoms with Gasteiger partial charge in [-0.2, -0.15) is 0 Å². The van der Waals surface area contributed by atoms with Gasteiger partial charge in [0.25, 0.3) is 0 Å². The minimum atomic E-state index is -0.184. The monoisotopic (exact) mass is 374 g/mol. The van der Waals surface area contributed by atoms with Crippen LogP contribution in [0.1, 0.15) is 18.4 Å². The van der Waals surface area contributed by atoms with Gasteiger partial charge in [0.15, 0.2) is 5.82 Å². The third-order valence-corrected chi connectivity index (χ3v) is 5.33. The van der Waals surface area contributed by atoms with Crippen LogP contribution in [0.25, 0.3) is 11.4 Å². The molecule has 1 amide bonds. The molecule has 0 aliphatic carbocycles. The van der Waals surface area contributed by atoms with Crippen molar-refractivity contribution in [2.24, 2.45) is 5.92 Å². The van der Waals surface area contributed by atoms with Crippen molar-refractivity contribution >= 4 is 23.6 Å². The number of H-pyrrole nitrogens is 1. The first-order valence-corrected chi connectivity index (χ1v) is 9.53. The Balaban J connectivity index is 1.49. The van der Waals surface area contributed by atoms with E-state index in [0.29, 0.717) is 36.9 Å². The first kappa shape index (κ1) is 18.4. The number of amides is 1. The number of likely N-dealkylation sites (tertiary alicyclic amines) is 1. The molecule has 1 aromatic carbocycles. The summed E-state index contributed by atoms with van der Waals surface area (Å²) in [4.78, 5) is 30.1. The van der Waals surface area contributed by atoms with Crippen LogP contribution in [-0.2, 0) is 14.3 Å². The Hall–Kier alpha value is -2.35. The summed E-state index contributed by atoms with van der Waals surface area (Å²) in [6, 6.07) is 8.01. The van der Waals surface area contributed by atoms with Gasteiger partial charge in [-0.15, -0.1) is 5.10 Å². The van der Waals surface area contributed by atoms with E-state index in [1.54, 1.807) is 4.90 Å². The molecule has 0 unspecified atom stereocenters. The molecule has 1 aliphatic heterocycles. The van der Waals surface area contributed by atoms with Crippen LogP contribution in [0.15, 0.2) is 29.4 Å². The Kier molecular flexibility index (Phi) is 5.92. The van der Waals surface area contributed by atoms with E-state index in [1.165, 1.54) is 24.4 Å². The summed E-state index contributed by atoms with van der Waals surface area (Å²) in [5.41, 5.74) is 2.15. The zero-order chi connectivity index (χ0) is 18.5. The zero-order valence-electron chi connectivity index (χ0n) is 14.9. The molecule has 7 nitrogen and oxygen atoms in total. The third kappa shape index (κ3) is 4.43. The summed E-state index contributed by atoms with van der Waals surface area (Å²) in [6.45, 7) is 3.20. The number of aryl methyl sites for hydroxylation is 1. The van der Waals surface area contributed by atoms with E-state index in [4.69, 9.17) is 4.74 Å². The van der Waals surface area contributed by atoms with Gasteiger partial charge in [-0.25, -0.2) is 4.98 Å². The molecule has 2 aromatic rings. The second-order valence-corrected chi connectivity index (χ2v) is 7.24. The van der Waals surface area contributed by atoms with Crippen LogP contribution in [-0.4, -0.2) is 57.9 Å². The number of thioether (sulfide) groups is 1. The highest BCUT2D eigenvalue weighted by molar-refractivity contribution is 7.99. The molecule has 0 saturated carbocycles. The van der Waals surface area contributed by atoms with E-state index in [9.17, 15) is 9.59 Å². The molecule has 0 atom stereocenters. The number of aromatic amines is 1. The Bertz CT molecular complexity index is 767. The number of nitrogens with one attached hydrogen (secondary N) is 1. The predicted molar refractivity (Wildman–Crippen MR) is 98.6 cm³/mol. The molecule has 0 radical (unpaired) electrons. The van der Waals surface area contributed by atoms with Gasteiger partial charge in [0.05, 0.1) is 18.8 Å². The molecule has 1 aromatic heterocycles. The van der Waals surface area contributed by atoms with Crippen molar-refractivity contribution in [3.05, 3.63) is 29.8 Å². The molecular formula is C18H22N4O3S. The lowest BCUT2D eigenvalue weighted by molar-refractivity contribution is -0.148. The van der Waals surface area contributed by atoms with Crippen molar-refractivity contribution in [1.29, 1.82) is 0 Å². The fraction of sp³-hybridized carbons (Fsp3) is 0.444. The van der Waals surface area contributed by atoms with Gasteiger partial charge in [0.2, 0.25) is 11.1 Å². The van der Waals surface area contributed by atoms with Crippen molar-refractivity contribution in [3.63, 3.8) is 0 Å². The first-order chi connectivity index (χ1) is 12.6. The van der Waals surface area contributed by atoms with Crippen LogP contribution in [0, 0.1) is 12.8 Å². The summed E-state index contributed by atoms with van der Waals surface area (Å²) in [5.74, 6) is 0.741. The van der Waals surface area contributed by atoms with E-state index >= 15 is 0 Å². The standard InChI is InChI=1S/C18H22N4O3S/c1-12-3-5-13(6-4-12)16-19-18(21-20-16)26-11-15(23)22-9-7-14(8-10-22)17(24)25-2/h3-6,14H,7-11H2,1-2H3,(H,19,20,21). The van der Waals surface area contributed by atoms with Crippen LogP contribution in [0.5, 0.6) is 0 Å². The molecule has 2 heterocycles. The normalized spacial score (nSPS) is 15.1. The van der Waals surface area contributed by atoms with Gasteiger partial charge in [0, 0.05) is 18.7 Å². The lowest BCUT2D eigenvalue weighted by Gasteiger charge is -2.30. The topological polar surface area (TPSA) is 88.2 Å². The second-order valence-electron chi connectivity index (χ2n) is 6.30. The Morgan fingerprint density at radius 2 is 1.96 bits per heavy atom. The quantitative estimate of drug-likeness (QED) is 0.638. The van der Waals surface area contributed by atoms with Crippen LogP contribution in [0.3, 0.4) is 0 Å². The summed E-state index contributed by atoms with van der Waals surface area (Å²) in [5, 5.41) is 7.64. The number of ether oxygens (including phenoxy) is 1.